The number of ether oxygens (including phenoxy) is 1. The van der Waals surface area contributed by atoms with Gasteiger partial charge in [-0.3, -0.25) is 0 Å². The van der Waals surface area contributed by atoms with E-state index in [9.17, 15) is 4.79 Å². The monoisotopic (exact) mass is 237 g/mol. The average molecular weight is 237 g/mol. The first kappa shape index (κ1) is 13.3. The van der Waals surface area contributed by atoms with Gasteiger partial charge in [0.1, 0.15) is 5.75 Å². The van der Waals surface area contributed by atoms with E-state index in [4.69, 9.17) is 10.5 Å². The second-order valence-corrected chi connectivity index (χ2v) is 3.74. The van der Waals surface area contributed by atoms with Crippen LogP contribution in [0, 0.1) is 0 Å². The minimum absolute atomic E-state index is 0.194. The smallest absolute Gasteiger partial charge is 0.312 e. The number of hydrogen-bond donors (Lipinski definition) is 3. The van der Waals surface area contributed by atoms with E-state index in [1.807, 2.05) is 24.3 Å². The standard InChI is InChI=1S/C12H19N3O2/c1-9(14-6-7-15-12(13)16)10-4-3-5-11(8-10)17-2/h3-5,8-9,14H,6-7H2,1-2H3,(H3,13,15,16). The van der Waals surface area contributed by atoms with Gasteiger partial charge >= 0.3 is 6.03 Å². The molecule has 4 N–H and O–H groups in total. The van der Waals surface area contributed by atoms with Gasteiger partial charge in [0.2, 0.25) is 0 Å². The Morgan fingerprint density at radius 3 is 2.88 bits per heavy atom. The number of carbonyl (C=O) groups is 1. The molecule has 1 aromatic carbocycles. The third-order valence-corrected chi connectivity index (χ3v) is 2.47. The van der Waals surface area contributed by atoms with Crippen molar-refractivity contribution in [2.24, 2.45) is 5.73 Å². The number of urea groups is 1. The van der Waals surface area contributed by atoms with E-state index in [2.05, 4.69) is 17.6 Å². The van der Waals surface area contributed by atoms with Crippen molar-refractivity contribution in [2.75, 3.05) is 20.2 Å². The van der Waals surface area contributed by atoms with Crippen molar-refractivity contribution in [3.63, 3.8) is 0 Å². The Hall–Kier alpha value is -1.75. The van der Waals surface area contributed by atoms with Crippen LogP contribution in [0.5, 0.6) is 5.75 Å². The minimum atomic E-state index is -0.499. The molecule has 2 amide bonds. The van der Waals surface area contributed by atoms with E-state index in [0.717, 1.165) is 11.3 Å². The molecule has 0 radical (unpaired) electrons. The highest BCUT2D eigenvalue weighted by Gasteiger charge is 2.05. The summed E-state index contributed by atoms with van der Waals surface area (Å²) < 4.78 is 5.16. The molecular weight excluding hydrogens is 218 g/mol. The van der Waals surface area contributed by atoms with Crippen molar-refractivity contribution >= 4 is 6.03 Å². The van der Waals surface area contributed by atoms with Gasteiger partial charge in [-0.2, -0.15) is 0 Å². The second kappa shape index (κ2) is 6.75. The topological polar surface area (TPSA) is 76.4 Å². The molecule has 1 unspecified atom stereocenters. The largest absolute Gasteiger partial charge is 0.497 e. The highest BCUT2D eigenvalue weighted by molar-refractivity contribution is 5.71. The van der Waals surface area contributed by atoms with Crippen molar-refractivity contribution in [3.05, 3.63) is 29.8 Å². The van der Waals surface area contributed by atoms with Crippen LogP contribution in [0.4, 0.5) is 4.79 Å². The van der Waals surface area contributed by atoms with Crippen molar-refractivity contribution in [3.8, 4) is 5.75 Å². The quantitative estimate of drug-likeness (QED) is 0.646. The maximum atomic E-state index is 10.5. The molecule has 5 heteroatoms. The summed E-state index contributed by atoms with van der Waals surface area (Å²) in [5.41, 5.74) is 6.11. The van der Waals surface area contributed by atoms with Gasteiger partial charge in [0.15, 0.2) is 0 Å². The third-order valence-electron chi connectivity index (χ3n) is 2.47. The Labute approximate surface area is 101 Å². The molecule has 1 aromatic rings. The van der Waals surface area contributed by atoms with Gasteiger partial charge in [0, 0.05) is 19.1 Å². The van der Waals surface area contributed by atoms with Gasteiger partial charge in [-0.25, -0.2) is 4.79 Å². The molecule has 0 aliphatic carbocycles. The number of nitrogens with one attached hydrogen (secondary N) is 2. The van der Waals surface area contributed by atoms with E-state index in [1.165, 1.54) is 0 Å². The fourth-order valence-corrected chi connectivity index (χ4v) is 1.50. The van der Waals surface area contributed by atoms with E-state index in [1.54, 1.807) is 7.11 Å². The summed E-state index contributed by atoms with van der Waals surface area (Å²) in [6, 6.07) is 7.57. The molecule has 17 heavy (non-hydrogen) atoms. The van der Waals surface area contributed by atoms with Crippen LogP contribution < -0.4 is 21.1 Å². The molecule has 0 heterocycles. The van der Waals surface area contributed by atoms with E-state index < -0.39 is 6.03 Å². The zero-order valence-electron chi connectivity index (χ0n) is 10.2. The molecule has 5 nitrogen and oxygen atoms in total. The summed E-state index contributed by atoms with van der Waals surface area (Å²) in [7, 11) is 1.65. The molecule has 0 bridgehead atoms. The van der Waals surface area contributed by atoms with E-state index in [0.29, 0.717) is 13.1 Å². The van der Waals surface area contributed by atoms with Crippen LogP contribution in [-0.4, -0.2) is 26.2 Å². The Kier molecular flexibility index (Phi) is 5.29. The van der Waals surface area contributed by atoms with E-state index in [-0.39, 0.29) is 6.04 Å². The van der Waals surface area contributed by atoms with Crippen molar-refractivity contribution in [2.45, 2.75) is 13.0 Å². The molecule has 0 aliphatic heterocycles. The summed E-state index contributed by atoms with van der Waals surface area (Å²) in [5.74, 6) is 0.839. The first-order valence-corrected chi connectivity index (χ1v) is 5.54. The van der Waals surface area contributed by atoms with E-state index >= 15 is 0 Å². The van der Waals surface area contributed by atoms with Gasteiger partial charge < -0.3 is 21.1 Å². The number of primary amides is 1. The molecule has 0 fully saturated rings. The fourth-order valence-electron chi connectivity index (χ4n) is 1.50. The average Bonchev–Trinajstić information content (AvgIpc) is 2.34. The lowest BCUT2D eigenvalue weighted by molar-refractivity contribution is 0.249. The fraction of sp³-hybridized carbons (Fsp3) is 0.417. The van der Waals surface area contributed by atoms with Crippen LogP contribution >= 0.6 is 0 Å². The van der Waals surface area contributed by atoms with Crippen molar-refractivity contribution in [1.82, 2.24) is 10.6 Å². The van der Waals surface area contributed by atoms with Gasteiger partial charge in [-0.15, -0.1) is 0 Å². The number of hydrogen-bond acceptors (Lipinski definition) is 3. The maximum Gasteiger partial charge on any atom is 0.312 e. The summed E-state index contributed by atoms with van der Waals surface area (Å²) in [6.45, 7) is 3.24. The summed E-state index contributed by atoms with van der Waals surface area (Å²) in [4.78, 5) is 10.5. The van der Waals surface area contributed by atoms with Crippen LogP contribution in [0.3, 0.4) is 0 Å². The Morgan fingerprint density at radius 2 is 2.24 bits per heavy atom. The van der Waals surface area contributed by atoms with Crippen LogP contribution in [0.25, 0.3) is 0 Å². The number of methoxy groups -OCH3 is 1. The third kappa shape index (κ3) is 4.74. The molecule has 0 saturated heterocycles. The number of rotatable bonds is 6. The van der Waals surface area contributed by atoms with Gasteiger partial charge in [0.25, 0.3) is 0 Å². The van der Waals surface area contributed by atoms with Crippen LogP contribution in [0.2, 0.25) is 0 Å². The lowest BCUT2D eigenvalue weighted by Gasteiger charge is -2.15. The number of nitrogens with two attached hydrogens (primary N) is 1. The molecule has 94 valence electrons. The van der Waals surface area contributed by atoms with Crippen molar-refractivity contribution in [1.29, 1.82) is 0 Å². The summed E-state index contributed by atoms with van der Waals surface area (Å²) in [5, 5.41) is 5.81. The minimum Gasteiger partial charge on any atom is -0.497 e. The van der Waals surface area contributed by atoms with Crippen molar-refractivity contribution < 1.29 is 9.53 Å². The number of amides is 2. The predicted molar refractivity (Wildman–Crippen MR) is 67.0 cm³/mol. The Morgan fingerprint density at radius 1 is 1.47 bits per heavy atom. The highest BCUT2D eigenvalue weighted by Crippen LogP contribution is 2.18. The van der Waals surface area contributed by atoms with Gasteiger partial charge in [0.05, 0.1) is 7.11 Å². The SMILES string of the molecule is COc1cccc(C(C)NCCNC(N)=O)c1. The maximum absolute atomic E-state index is 10.5. The zero-order chi connectivity index (χ0) is 12.7. The Bertz CT molecular complexity index is 369. The molecule has 1 rings (SSSR count). The number of carbonyl (C=O) groups excluding carboxylic acids is 1. The lowest BCUT2D eigenvalue weighted by atomic mass is 10.1. The highest BCUT2D eigenvalue weighted by atomic mass is 16.5. The predicted octanol–water partition coefficient (Wildman–Crippen LogP) is 1.01. The van der Waals surface area contributed by atoms with Gasteiger partial charge in [-0.1, -0.05) is 12.1 Å². The second-order valence-electron chi connectivity index (χ2n) is 3.74. The molecule has 0 aromatic heterocycles. The normalized spacial score (nSPS) is 11.9. The number of benzene rings is 1. The zero-order valence-corrected chi connectivity index (χ0v) is 10.2. The molecular formula is C12H19N3O2. The van der Waals surface area contributed by atoms with Gasteiger partial charge in [-0.05, 0) is 24.6 Å². The lowest BCUT2D eigenvalue weighted by Crippen LogP contribution is -2.35. The van der Waals surface area contributed by atoms with Crippen LogP contribution in [0.1, 0.15) is 18.5 Å². The molecule has 0 saturated carbocycles. The molecule has 0 spiro atoms. The van der Waals surface area contributed by atoms with Crippen LogP contribution in [-0.2, 0) is 0 Å². The Balaban J connectivity index is 2.40. The first-order chi connectivity index (χ1) is 8.13. The first-order valence-electron chi connectivity index (χ1n) is 5.54. The molecule has 1 atom stereocenters. The van der Waals surface area contributed by atoms with Crippen LogP contribution in [0.15, 0.2) is 24.3 Å². The molecule has 0 aliphatic rings. The summed E-state index contributed by atoms with van der Waals surface area (Å²) in [6.07, 6.45) is 0. The summed E-state index contributed by atoms with van der Waals surface area (Å²) >= 11 is 0.